The van der Waals surface area contributed by atoms with Crippen molar-refractivity contribution in [1.29, 1.82) is 0 Å². The summed E-state index contributed by atoms with van der Waals surface area (Å²) in [6.45, 7) is 0. The van der Waals surface area contributed by atoms with Gasteiger partial charge in [0.05, 0.1) is 12.8 Å². The van der Waals surface area contributed by atoms with E-state index in [1.54, 1.807) is 13.3 Å². The number of aromatic hydroxyl groups is 1. The van der Waals surface area contributed by atoms with Gasteiger partial charge in [-0.15, -0.1) is 0 Å². The van der Waals surface area contributed by atoms with E-state index in [2.05, 4.69) is 15.4 Å². The number of anilines is 1. The van der Waals surface area contributed by atoms with E-state index in [-0.39, 0.29) is 11.9 Å². The van der Waals surface area contributed by atoms with Crippen molar-refractivity contribution >= 4 is 5.69 Å². The van der Waals surface area contributed by atoms with Gasteiger partial charge in [-0.2, -0.15) is 9.78 Å². The molecule has 4 rings (SSSR count). The number of hydrogen-bond acceptors (Lipinski definition) is 5. The normalized spacial score (nSPS) is 16.3. The Bertz CT molecular complexity index is 859. The molecule has 0 spiro atoms. The number of aromatic nitrogens is 3. The molecular formula is C19H20N4O2. The highest BCUT2D eigenvalue weighted by atomic mass is 16.5. The number of fused-ring (bicyclic) bond motifs is 1. The number of benzene rings is 1. The van der Waals surface area contributed by atoms with Crippen molar-refractivity contribution in [3.63, 3.8) is 0 Å². The SMILES string of the molecule is COc1ccc(NC2CCc3nn(-c4ccccn4)c(O)c3C2)cc1. The summed E-state index contributed by atoms with van der Waals surface area (Å²) in [6, 6.07) is 13.7. The molecule has 6 nitrogen and oxygen atoms in total. The van der Waals surface area contributed by atoms with Gasteiger partial charge in [0.15, 0.2) is 5.82 Å². The first-order valence-electron chi connectivity index (χ1n) is 8.36. The fourth-order valence-corrected chi connectivity index (χ4v) is 3.24. The Labute approximate surface area is 146 Å². The fourth-order valence-electron chi connectivity index (χ4n) is 3.24. The van der Waals surface area contributed by atoms with Crippen LogP contribution in [-0.2, 0) is 12.8 Å². The van der Waals surface area contributed by atoms with E-state index in [0.717, 1.165) is 42.0 Å². The second-order valence-corrected chi connectivity index (χ2v) is 6.16. The van der Waals surface area contributed by atoms with E-state index in [4.69, 9.17) is 4.74 Å². The summed E-state index contributed by atoms with van der Waals surface area (Å²) in [4.78, 5) is 4.27. The monoisotopic (exact) mass is 336 g/mol. The highest BCUT2D eigenvalue weighted by Crippen LogP contribution is 2.31. The molecule has 0 fully saturated rings. The zero-order chi connectivity index (χ0) is 17.2. The van der Waals surface area contributed by atoms with Crippen LogP contribution in [0.1, 0.15) is 17.7 Å². The smallest absolute Gasteiger partial charge is 0.219 e. The first kappa shape index (κ1) is 15.5. The van der Waals surface area contributed by atoms with Gasteiger partial charge in [0, 0.05) is 23.5 Å². The van der Waals surface area contributed by atoms with Crippen LogP contribution in [0.4, 0.5) is 5.69 Å². The van der Waals surface area contributed by atoms with Crippen LogP contribution >= 0.6 is 0 Å². The predicted molar refractivity (Wildman–Crippen MR) is 95.5 cm³/mol. The van der Waals surface area contributed by atoms with Crippen molar-refractivity contribution in [1.82, 2.24) is 14.8 Å². The maximum Gasteiger partial charge on any atom is 0.219 e. The van der Waals surface area contributed by atoms with Crippen molar-refractivity contribution in [2.45, 2.75) is 25.3 Å². The van der Waals surface area contributed by atoms with E-state index in [1.165, 1.54) is 4.68 Å². The number of aryl methyl sites for hydroxylation is 1. The standard InChI is InChI=1S/C19H20N4O2/c1-25-15-8-5-13(6-9-15)21-14-7-10-17-16(12-14)19(24)23(22-17)18-4-2-3-11-20-18/h2-6,8-9,11,14,21,24H,7,10,12H2,1H3. The number of methoxy groups -OCH3 is 1. The van der Waals surface area contributed by atoms with Crippen LogP contribution in [0.2, 0.25) is 0 Å². The first-order chi connectivity index (χ1) is 12.2. The Morgan fingerprint density at radius 2 is 2.04 bits per heavy atom. The van der Waals surface area contributed by atoms with E-state index in [9.17, 15) is 5.11 Å². The maximum absolute atomic E-state index is 10.6. The molecule has 1 aromatic carbocycles. The maximum atomic E-state index is 10.6. The second-order valence-electron chi connectivity index (χ2n) is 6.16. The molecule has 2 aromatic heterocycles. The van der Waals surface area contributed by atoms with Crippen molar-refractivity contribution < 1.29 is 9.84 Å². The molecule has 3 aromatic rings. The third-order valence-corrected chi connectivity index (χ3v) is 4.55. The summed E-state index contributed by atoms with van der Waals surface area (Å²) in [5.74, 6) is 1.66. The molecule has 128 valence electrons. The number of ether oxygens (including phenoxy) is 1. The van der Waals surface area contributed by atoms with Crippen molar-refractivity contribution in [3.8, 4) is 17.4 Å². The Morgan fingerprint density at radius 3 is 2.76 bits per heavy atom. The molecule has 0 aliphatic heterocycles. The van der Waals surface area contributed by atoms with Gasteiger partial charge in [0.25, 0.3) is 0 Å². The van der Waals surface area contributed by atoms with Gasteiger partial charge in [-0.1, -0.05) is 6.07 Å². The molecule has 1 atom stereocenters. The lowest BCUT2D eigenvalue weighted by atomic mass is 9.93. The van der Waals surface area contributed by atoms with Crippen LogP contribution in [0.3, 0.4) is 0 Å². The highest BCUT2D eigenvalue weighted by Gasteiger charge is 2.26. The van der Waals surface area contributed by atoms with Gasteiger partial charge < -0.3 is 15.2 Å². The van der Waals surface area contributed by atoms with Crippen molar-refractivity contribution in [3.05, 3.63) is 59.9 Å². The molecule has 1 aliphatic carbocycles. The van der Waals surface area contributed by atoms with Crippen molar-refractivity contribution in [2.24, 2.45) is 0 Å². The van der Waals surface area contributed by atoms with E-state index < -0.39 is 0 Å². The van der Waals surface area contributed by atoms with E-state index in [1.807, 2.05) is 42.5 Å². The minimum absolute atomic E-state index is 0.190. The minimum atomic E-state index is 0.190. The van der Waals surface area contributed by atoms with E-state index in [0.29, 0.717) is 5.82 Å². The first-order valence-corrected chi connectivity index (χ1v) is 8.36. The zero-order valence-electron chi connectivity index (χ0n) is 14.0. The average molecular weight is 336 g/mol. The van der Waals surface area contributed by atoms with Crippen LogP contribution in [0.25, 0.3) is 5.82 Å². The summed E-state index contributed by atoms with van der Waals surface area (Å²) in [6.07, 6.45) is 4.23. The molecule has 2 heterocycles. The Hall–Kier alpha value is -3.02. The van der Waals surface area contributed by atoms with Gasteiger partial charge in [0.1, 0.15) is 5.75 Å². The third-order valence-electron chi connectivity index (χ3n) is 4.55. The largest absolute Gasteiger partial charge is 0.497 e. The quantitative estimate of drug-likeness (QED) is 0.766. The number of nitrogens with one attached hydrogen (secondary N) is 1. The molecule has 0 saturated heterocycles. The Balaban J connectivity index is 1.53. The third kappa shape index (κ3) is 3.03. The Morgan fingerprint density at radius 1 is 1.20 bits per heavy atom. The molecule has 2 N–H and O–H groups in total. The van der Waals surface area contributed by atoms with Gasteiger partial charge in [-0.25, -0.2) is 4.98 Å². The number of rotatable bonds is 4. The minimum Gasteiger partial charge on any atom is -0.497 e. The topological polar surface area (TPSA) is 72.2 Å². The summed E-state index contributed by atoms with van der Waals surface area (Å²) in [5, 5.41) is 18.7. The number of hydrogen-bond donors (Lipinski definition) is 2. The van der Waals surface area contributed by atoms with Crippen molar-refractivity contribution in [2.75, 3.05) is 12.4 Å². The molecule has 1 unspecified atom stereocenters. The van der Waals surface area contributed by atoms with Gasteiger partial charge in [-0.05, 0) is 55.7 Å². The lowest BCUT2D eigenvalue weighted by Crippen LogP contribution is -2.26. The van der Waals surface area contributed by atoms with Gasteiger partial charge >= 0.3 is 0 Å². The lowest BCUT2D eigenvalue weighted by Gasteiger charge is -2.23. The number of pyridine rings is 1. The van der Waals surface area contributed by atoms with Gasteiger partial charge in [-0.3, -0.25) is 0 Å². The van der Waals surface area contributed by atoms with Crippen LogP contribution in [0.5, 0.6) is 11.6 Å². The second kappa shape index (κ2) is 6.47. The molecule has 6 heteroatoms. The van der Waals surface area contributed by atoms with Crippen LogP contribution in [-0.4, -0.2) is 33.0 Å². The number of nitrogens with zero attached hydrogens (tertiary/aromatic N) is 3. The summed E-state index contributed by atoms with van der Waals surface area (Å²) in [7, 11) is 1.66. The lowest BCUT2D eigenvalue weighted by molar-refractivity contribution is 0.415. The van der Waals surface area contributed by atoms with Crippen LogP contribution in [0.15, 0.2) is 48.7 Å². The molecule has 0 bridgehead atoms. The molecule has 25 heavy (non-hydrogen) atoms. The predicted octanol–water partition coefficient (Wildman–Crippen LogP) is 2.95. The van der Waals surface area contributed by atoms with Crippen LogP contribution < -0.4 is 10.1 Å². The molecular weight excluding hydrogens is 316 g/mol. The Kier molecular flexibility index (Phi) is 4.01. The molecule has 0 amide bonds. The highest BCUT2D eigenvalue weighted by molar-refractivity contribution is 5.48. The van der Waals surface area contributed by atoms with Crippen LogP contribution in [0, 0.1) is 0 Å². The summed E-state index contributed by atoms with van der Waals surface area (Å²) in [5.41, 5.74) is 2.91. The summed E-state index contributed by atoms with van der Waals surface area (Å²) >= 11 is 0. The molecule has 0 saturated carbocycles. The fraction of sp³-hybridized carbons (Fsp3) is 0.263. The zero-order valence-corrected chi connectivity index (χ0v) is 14.0. The summed E-state index contributed by atoms with van der Waals surface area (Å²) < 4.78 is 6.72. The molecule has 1 aliphatic rings. The van der Waals surface area contributed by atoms with E-state index >= 15 is 0 Å². The average Bonchev–Trinajstić information content (AvgIpc) is 2.99. The molecule has 0 radical (unpaired) electrons. The van der Waals surface area contributed by atoms with Gasteiger partial charge in [0.2, 0.25) is 5.88 Å².